The van der Waals surface area contributed by atoms with E-state index in [-0.39, 0.29) is 30.6 Å². The minimum absolute atomic E-state index is 0. The molecule has 2 aromatic carbocycles. The highest BCUT2D eigenvalue weighted by Crippen LogP contribution is 2.25. The molecule has 27 heavy (non-hydrogen) atoms. The summed E-state index contributed by atoms with van der Waals surface area (Å²) in [4.78, 5) is 2.45. The van der Waals surface area contributed by atoms with E-state index in [1.54, 1.807) is 12.1 Å². The molecule has 0 amide bonds. The molecule has 0 aliphatic carbocycles. The van der Waals surface area contributed by atoms with Crippen molar-refractivity contribution in [2.75, 3.05) is 38.1 Å². The number of nitrogens with zero attached hydrogens (tertiary/aromatic N) is 1. The second-order valence-corrected chi connectivity index (χ2v) is 6.73. The Hall–Kier alpha value is -1.33. The Labute approximate surface area is 174 Å². The molecule has 1 fully saturated rings. The summed E-state index contributed by atoms with van der Waals surface area (Å²) < 4.78 is 13.4. The lowest BCUT2D eigenvalue weighted by Gasteiger charge is -2.34. The summed E-state index contributed by atoms with van der Waals surface area (Å²) in [7, 11) is 2.00. The Morgan fingerprint density at radius 2 is 1.67 bits per heavy atom. The monoisotopic (exact) mass is 413 g/mol. The van der Waals surface area contributed by atoms with Gasteiger partial charge in [0.2, 0.25) is 0 Å². The maximum absolute atomic E-state index is 13.4. The van der Waals surface area contributed by atoms with Crippen LogP contribution >= 0.6 is 24.8 Å². The van der Waals surface area contributed by atoms with Crippen molar-refractivity contribution in [3.63, 3.8) is 0 Å². The molecule has 150 valence electrons. The second kappa shape index (κ2) is 12.2. The maximum atomic E-state index is 13.4. The van der Waals surface area contributed by atoms with Crippen molar-refractivity contribution in [2.45, 2.75) is 25.3 Å². The van der Waals surface area contributed by atoms with Gasteiger partial charge in [0, 0.05) is 24.8 Å². The molecule has 1 saturated heterocycles. The maximum Gasteiger partial charge on any atom is 0.123 e. The summed E-state index contributed by atoms with van der Waals surface area (Å²) in [5.74, 6) is -0.189. The molecule has 1 aliphatic rings. The third-order valence-electron chi connectivity index (χ3n) is 4.92. The number of nitrogens with one attached hydrogen (secondary N) is 2. The molecule has 3 rings (SSSR count). The summed E-state index contributed by atoms with van der Waals surface area (Å²) in [6.07, 6.45) is 3.55. The smallest absolute Gasteiger partial charge is 0.123 e. The van der Waals surface area contributed by atoms with Gasteiger partial charge in [-0.3, -0.25) is 0 Å². The van der Waals surface area contributed by atoms with Gasteiger partial charge in [0.1, 0.15) is 5.82 Å². The normalized spacial score (nSPS) is 14.4. The van der Waals surface area contributed by atoms with Crippen molar-refractivity contribution in [3.05, 3.63) is 54.3 Å². The fourth-order valence-electron chi connectivity index (χ4n) is 3.45. The van der Waals surface area contributed by atoms with Crippen molar-refractivity contribution >= 4 is 30.5 Å². The number of halogens is 3. The highest BCUT2D eigenvalue weighted by Gasteiger charge is 2.18. The van der Waals surface area contributed by atoms with E-state index in [4.69, 9.17) is 0 Å². The van der Waals surface area contributed by atoms with Gasteiger partial charge in [0.15, 0.2) is 0 Å². The molecule has 1 heterocycles. The quantitative estimate of drug-likeness (QED) is 0.654. The average molecular weight is 414 g/mol. The van der Waals surface area contributed by atoms with Gasteiger partial charge < -0.3 is 15.5 Å². The van der Waals surface area contributed by atoms with Gasteiger partial charge in [-0.25, -0.2) is 4.39 Å². The van der Waals surface area contributed by atoms with Gasteiger partial charge >= 0.3 is 0 Å². The van der Waals surface area contributed by atoms with Crippen LogP contribution in [0.4, 0.5) is 10.1 Å². The van der Waals surface area contributed by atoms with Crippen LogP contribution in [0.3, 0.4) is 0 Å². The lowest BCUT2D eigenvalue weighted by atomic mass is 10.0. The van der Waals surface area contributed by atoms with Gasteiger partial charge in [0.25, 0.3) is 0 Å². The predicted octanol–water partition coefficient (Wildman–Crippen LogP) is 4.50. The predicted molar refractivity (Wildman–Crippen MR) is 118 cm³/mol. The van der Waals surface area contributed by atoms with Crippen LogP contribution in [0.15, 0.2) is 48.5 Å². The van der Waals surface area contributed by atoms with Crippen molar-refractivity contribution in [1.82, 2.24) is 10.6 Å². The number of rotatable bonds is 7. The van der Waals surface area contributed by atoms with Gasteiger partial charge in [-0.2, -0.15) is 0 Å². The van der Waals surface area contributed by atoms with Crippen molar-refractivity contribution in [2.24, 2.45) is 0 Å². The third-order valence-corrected chi connectivity index (χ3v) is 4.92. The first-order chi connectivity index (χ1) is 12.3. The fourth-order valence-corrected chi connectivity index (χ4v) is 3.45. The lowest BCUT2D eigenvalue weighted by Crippen LogP contribution is -2.43. The zero-order valence-corrected chi connectivity index (χ0v) is 17.4. The van der Waals surface area contributed by atoms with Crippen LogP contribution in [0.5, 0.6) is 0 Å². The summed E-state index contributed by atoms with van der Waals surface area (Å²) in [5.41, 5.74) is 3.24. The van der Waals surface area contributed by atoms with Crippen molar-refractivity contribution in [1.29, 1.82) is 0 Å². The molecule has 6 heteroatoms. The molecule has 0 spiro atoms. The molecule has 0 bridgehead atoms. The Bertz CT molecular complexity index is 659. The average Bonchev–Trinajstić information content (AvgIpc) is 2.66. The molecule has 2 N–H and O–H groups in total. The number of benzene rings is 2. The summed E-state index contributed by atoms with van der Waals surface area (Å²) in [6, 6.07) is 15.9. The van der Waals surface area contributed by atoms with Crippen LogP contribution in [0.25, 0.3) is 11.1 Å². The van der Waals surface area contributed by atoms with Crippen molar-refractivity contribution in [3.8, 4) is 11.1 Å². The molecule has 2 aromatic rings. The van der Waals surface area contributed by atoms with E-state index in [2.05, 4.69) is 39.8 Å². The number of anilines is 1. The number of piperidine rings is 1. The minimum atomic E-state index is -0.189. The topological polar surface area (TPSA) is 27.3 Å². The molecular weight excluding hydrogens is 384 g/mol. The van der Waals surface area contributed by atoms with E-state index >= 15 is 0 Å². The Balaban J connectivity index is 0.00000182. The van der Waals surface area contributed by atoms with Gasteiger partial charge in [-0.05, 0) is 74.8 Å². The first kappa shape index (κ1) is 23.7. The van der Waals surface area contributed by atoms with Crippen LogP contribution in [-0.4, -0.2) is 39.3 Å². The van der Waals surface area contributed by atoms with Gasteiger partial charge in [0.05, 0.1) is 0 Å². The molecule has 3 nitrogen and oxygen atoms in total. The molecule has 0 radical (unpaired) electrons. The molecule has 0 saturated carbocycles. The summed E-state index contributed by atoms with van der Waals surface area (Å²) >= 11 is 0. The molecular formula is C21H30Cl2FN3. The van der Waals surface area contributed by atoms with Gasteiger partial charge in [-0.1, -0.05) is 24.3 Å². The molecule has 0 atom stereocenters. The molecule has 0 unspecified atom stereocenters. The van der Waals surface area contributed by atoms with E-state index in [1.807, 2.05) is 13.1 Å². The van der Waals surface area contributed by atoms with E-state index in [9.17, 15) is 4.39 Å². The van der Waals surface area contributed by atoms with Crippen molar-refractivity contribution < 1.29 is 4.39 Å². The van der Waals surface area contributed by atoms with Crippen LogP contribution in [0.2, 0.25) is 0 Å². The first-order valence-corrected chi connectivity index (χ1v) is 9.25. The van der Waals surface area contributed by atoms with E-state index in [0.717, 1.165) is 37.3 Å². The number of hydrogen-bond donors (Lipinski definition) is 2. The minimum Gasteiger partial charge on any atom is -0.371 e. The molecule has 0 aromatic heterocycles. The highest BCUT2D eigenvalue weighted by atomic mass is 35.5. The van der Waals surface area contributed by atoms with Crippen LogP contribution in [0.1, 0.15) is 19.3 Å². The van der Waals surface area contributed by atoms with E-state index in [1.165, 1.54) is 31.0 Å². The Morgan fingerprint density at radius 3 is 2.30 bits per heavy atom. The van der Waals surface area contributed by atoms with E-state index < -0.39 is 0 Å². The lowest BCUT2D eigenvalue weighted by molar-refractivity contribution is 0.412. The van der Waals surface area contributed by atoms with Crippen LogP contribution < -0.4 is 15.5 Å². The standard InChI is InChI=1S/C21H28FN3.2ClH/c1-23-12-3-13-24-20-10-14-25(15-11-20)21-8-6-17(7-9-21)18-4-2-5-19(22)16-18;;/h2,4-9,16,20,23-24H,3,10-15H2,1H3;2*1H. The Morgan fingerprint density at radius 1 is 0.963 bits per heavy atom. The SMILES string of the molecule is CNCCCNC1CCN(c2ccc(-c3cccc(F)c3)cc2)CC1.Cl.Cl. The number of hydrogen-bond acceptors (Lipinski definition) is 3. The highest BCUT2D eigenvalue weighted by molar-refractivity contribution is 5.85. The zero-order valence-electron chi connectivity index (χ0n) is 15.8. The van der Waals surface area contributed by atoms with Crippen LogP contribution in [0, 0.1) is 5.82 Å². The Kier molecular flexibility index (Phi) is 10.7. The van der Waals surface area contributed by atoms with Crippen LogP contribution in [-0.2, 0) is 0 Å². The summed E-state index contributed by atoms with van der Waals surface area (Å²) in [5, 5.41) is 6.85. The van der Waals surface area contributed by atoms with Gasteiger partial charge in [-0.15, -0.1) is 24.8 Å². The zero-order chi connectivity index (χ0) is 17.5. The summed E-state index contributed by atoms with van der Waals surface area (Å²) in [6.45, 7) is 4.34. The first-order valence-electron chi connectivity index (χ1n) is 9.25. The second-order valence-electron chi connectivity index (χ2n) is 6.73. The third kappa shape index (κ3) is 6.96. The fraction of sp³-hybridized carbons (Fsp3) is 0.429. The largest absolute Gasteiger partial charge is 0.371 e. The molecule has 1 aliphatic heterocycles. The van der Waals surface area contributed by atoms with E-state index in [0.29, 0.717) is 6.04 Å².